The van der Waals surface area contributed by atoms with Crippen molar-refractivity contribution in [3.8, 4) is 22.3 Å². The monoisotopic (exact) mass is 652 g/mol. The zero-order chi connectivity index (χ0) is 33.7. The zero-order valence-electron chi connectivity index (χ0n) is 27.8. The van der Waals surface area contributed by atoms with Gasteiger partial charge in [0.1, 0.15) is 17.0 Å². The first-order valence-corrected chi connectivity index (χ1v) is 17.4. The molecule has 1 aliphatic rings. The minimum atomic E-state index is -0.148. The first-order valence-electron chi connectivity index (χ1n) is 17.4. The number of hydrogen-bond donors (Lipinski definition) is 1. The molecule has 0 radical (unpaired) electrons. The Balaban J connectivity index is 1.17. The molecule has 240 valence electrons. The van der Waals surface area contributed by atoms with Crippen LogP contribution in [0.25, 0.3) is 71.4 Å². The molecule has 8 aromatic carbocycles. The van der Waals surface area contributed by atoms with Crippen LogP contribution in [0.3, 0.4) is 0 Å². The van der Waals surface area contributed by atoms with Crippen LogP contribution in [0.5, 0.6) is 0 Å². The van der Waals surface area contributed by atoms with Crippen LogP contribution in [0, 0.1) is 0 Å². The van der Waals surface area contributed by atoms with Crippen LogP contribution >= 0.6 is 0 Å². The maximum Gasteiger partial charge on any atom is 0.143 e. The fourth-order valence-electron chi connectivity index (χ4n) is 7.64. The average molecular weight is 653 g/mol. The van der Waals surface area contributed by atoms with Crippen molar-refractivity contribution in [1.82, 2.24) is 5.32 Å². The Kier molecular flexibility index (Phi) is 6.88. The second kappa shape index (κ2) is 12.0. The van der Waals surface area contributed by atoms with Crippen LogP contribution in [-0.2, 0) is 0 Å². The quantitative estimate of drug-likeness (QED) is 0.201. The average Bonchev–Trinajstić information content (AvgIpc) is 3.61. The van der Waals surface area contributed by atoms with Crippen molar-refractivity contribution < 1.29 is 4.42 Å². The van der Waals surface area contributed by atoms with E-state index in [2.05, 4.69) is 175 Å². The lowest BCUT2D eigenvalue weighted by Crippen LogP contribution is -2.31. The van der Waals surface area contributed by atoms with Crippen LogP contribution in [0.1, 0.15) is 22.7 Å². The molecule has 1 aromatic heterocycles. The highest BCUT2D eigenvalue weighted by Crippen LogP contribution is 2.44. The molecule has 3 nitrogen and oxygen atoms in total. The fourth-order valence-corrected chi connectivity index (χ4v) is 7.64. The summed E-state index contributed by atoms with van der Waals surface area (Å²) in [6.07, 6.45) is 2.25. The Labute approximate surface area is 295 Å². The van der Waals surface area contributed by atoms with E-state index in [9.17, 15) is 0 Å². The topological polar surface area (TPSA) is 37.5 Å². The van der Waals surface area contributed by atoms with Gasteiger partial charge in [-0.1, -0.05) is 170 Å². The van der Waals surface area contributed by atoms with Crippen molar-refractivity contribution in [1.29, 1.82) is 0 Å². The second-order valence-electron chi connectivity index (χ2n) is 13.1. The Hall–Kier alpha value is -6.71. The summed E-state index contributed by atoms with van der Waals surface area (Å²) in [5, 5.41) is 10.8. The molecule has 0 bridgehead atoms. The summed E-state index contributed by atoms with van der Waals surface area (Å²) in [6, 6.07) is 62.0. The number of nitrogens with one attached hydrogen (secondary N) is 1. The fraction of sp³-hybridized carbons (Fsp3) is 0.0208. The molecule has 1 atom stereocenters. The SMILES string of the molecule is C1=C(c2ccccc2)N=C(c2ccccc2)NC1c1ccc(-c2ccc(-c3cccc4ccccc34)cc2)c2oc3c4ccccc4ccc3c12. The van der Waals surface area contributed by atoms with Gasteiger partial charge in [-0.05, 0) is 56.1 Å². The predicted octanol–water partition coefficient (Wildman–Crippen LogP) is 12.4. The van der Waals surface area contributed by atoms with Gasteiger partial charge in [-0.15, -0.1) is 0 Å². The summed E-state index contributed by atoms with van der Waals surface area (Å²) < 4.78 is 7.00. The van der Waals surface area contributed by atoms with Gasteiger partial charge >= 0.3 is 0 Å². The van der Waals surface area contributed by atoms with E-state index in [0.717, 1.165) is 72.1 Å². The summed E-state index contributed by atoms with van der Waals surface area (Å²) in [5.74, 6) is 0.849. The third kappa shape index (κ3) is 5.02. The number of aliphatic imine (C=N–C) groups is 1. The van der Waals surface area contributed by atoms with Gasteiger partial charge in [-0.3, -0.25) is 0 Å². The van der Waals surface area contributed by atoms with Crippen molar-refractivity contribution in [2.75, 3.05) is 0 Å². The molecule has 0 saturated carbocycles. The highest BCUT2D eigenvalue weighted by Gasteiger charge is 2.25. The normalized spacial score (nSPS) is 14.5. The first kappa shape index (κ1) is 29.2. The summed E-state index contributed by atoms with van der Waals surface area (Å²) in [7, 11) is 0. The van der Waals surface area contributed by atoms with Gasteiger partial charge < -0.3 is 9.73 Å². The predicted molar refractivity (Wildman–Crippen MR) is 213 cm³/mol. The largest absolute Gasteiger partial charge is 0.455 e. The number of nitrogens with zero attached hydrogens (tertiary/aromatic N) is 1. The van der Waals surface area contributed by atoms with E-state index in [-0.39, 0.29) is 6.04 Å². The Morgan fingerprint density at radius 1 is 0.431 bits per heavy atom. The van der Waals surface area contributed by atoms with Gasteiger partial charge in [-0.2, -0.15) is 0 Å². The molecular formula is C48H32N2O. The number of rotatable bonds is 5. The van der Waals surface area contributed by atoms with Crippen molar-refractivity contribution in [3.05, 3.63) is 199 Å². The Morgan fingerprint density at radius 3 is 1.82 bits per heavy atom. The van der Waals surface area contributed by atoms with Crippen LogP contribution in [0.2, 0.25) is 0 Å². The summed E-state index contributed by atoms with van der Waals surface area (Å²) in [4.78, 5) is 5.13. The van der Waals surface area contributed by atoms with Crippen molar-refractivity contribution >= 4 is 55.0 Å². The van der Waals surface area contributed by atoms with E-state index in [1.54, 1.807) is 0 Å². The minimum Gasteiger partial charge on any atom is -0.455 e. The van der Waals surface area contributed by atoms with E-state index in [1.807, 2.05) is 12.1 Å². The maximum atomic E-state index is 7.00. The van der Waals surface area contributed by atoms with Crippen molar-refractivity contribution in [2.24, 2.45) is 4.99 Å². The molecule has 0 aliphatic carbocycles. The summed E-state index contributed by atoms with van der Waals surface area (Å²) in [6.45, 7) is 0. The van der Waals surface area contributed by atoms with Gasteiger partial charge in [0.25, 0.3) is 0 Å². The maximum absolute atomic E-state index is 7.00. The van der Waals surface area contributed by atoms with E-state index < -0.39 is 0 Å². The number of fused-ring (bicyclic) bond motifs is 6. The van der Waals surface area contributed by atoms with Crippen LogP contribution in [-0.4, -0.2) is 5.84 Å². The highest BCUT2D eigenvalue weighted by atomic mass is 16.3. The number of furan rings is 1. The molecule has 1 aliphatic heterocycles. The zero-order valence-corrected chi connectivity index (χ0v) is 27.8. The van der Waals surface area contributed by atoms with Crippen LogP contribution in [0.4, 0.5) is 0 Å². The van der Waals surface area contributed by atoms with Crippen molar-refractivity contribution in [2.45, 2.75) is 6.04 Å². The van der Waals surface area contributed by atoms with E-state index in [0.29, 0.717) is 0 Å². The molecule has 9 aromatic rings. The molecule has 3 heteroatoms. The van der Waals surface area contributed by atoms with Gasteiger partial charge in [0.15, 0.2) is 0 Å². The molecule has 0 spiro atoms. The Bertz CT molecular complexity index is 2810. The van der Waals surface area contributed by atoms with E-state index >= 15 is 0 Å². The standard InChI is InChI=1S/C48H32N2O/c1-3-14-35(15-4-1)43-30-44(50-48(49-43)36-16-5-2-6-17-36)41-29-28-40(47-45(41)42-27-26-32-13-8-10-20-39(32)46(42)51-47)34-24-22-33(23-25-34)38-21-11-18-31-12-7-9-19-37(31)38/h1-30,44H,(H,49,50). The molecule has 51 heavy (non-hydrogen) atoms. The van der Waals surface area contributed by atoms with Crippen LogP contribution in [0.15, 0.2) is 191 Å². The molecule has 0 fully saturated rings. The molecule has 1 N–H and O–H groups in total. The molecule has 1 unspecified atom stereocenters. The van der Waals surface area contributed by atoms with Crippen molar-refractivity contribution in [3.63, 3.8) is 0 Å². The Morgan fingerprint density at radius 2 is 1.06 bits per heavy atom. The molecule has 10 rings (SSSR count). The molecular weight excluding hydrogens is 621 g/mol. The molecule has 2 heterocycles. The second-order valence-corrected chi connectivity index (χ2v) is 13.1. The number of amidine groups is 1. The van der Waals surface area contributed by atoms with Crippen LogP contribution < -0.4 is 5.32 Å². The number of benzene rings is 8. The van der Waals surface area contributed by atoms with E-state index in [1.165, 1.54) is 21.9 Å². The van der Waals surface area contributed by atoms with E-state index in [4.69, 9.17) is 9.41 Å². The molecule has 0 saturated heterocycles. The smallest absolute Gasteiger partial charge is 0.143 e. The first-order chi connectivity index (χ1) is 25.3. The highest BCUT2D eigenvalue weighted by molar-refractivity contribution is 6.19. The summed E-state index contributed by atoms with van der Waals surface area (Å²) >= 11 is 0. The molecule has 0 amide bonds. The van der Waals surface area contributed by atoms with Gasteiger partial charge in [0.05, 0.1) is 11.7 Å². The summed E-state index contributed by atoms with van der Waals surface area (Å²) in [5.41, 5.74) is 10.6. The third-order valence-corrected chi connectivity index (χ3v) is 10.1. The third-order valence-electron chi connectivity index (χ3n) is 10.1. The lowest BCUT2D eigenvalue weighted by molar-refractivity contribution is 0.672. The van der Waals surface area contributed by atoms with Gasteiger partial charge in [0.2, 0.25) is 0 Å². The van der Waals surface area contributed by atoms with Gasteiger partial charge in [-0.25, -0.2) is 4.99 Å². The lowest BCUT2D eigenvalue weighted by atomic mass is 9.91. The minimum absolute atomic E-state index is 0.148. The number of hydrogen-bond acceptors (Lipinski definition) is 3. The lowest BCUT2D eigenvalue weighted by Gasteiger charge is -2.25. The van der Waals surface area contributed by atoms with Gasteiger partial charge in [0, 0.05) is 27.3 Å².